The van der Waals surface area contributed by atoms with Gasteiger partial charge in [-0.3, -0.25) is 0 Å². The number of hydrogen-bond acceptors (Lipinski definition) is 3. The summed E-state index contributed by atoms with van der Waals surface area (Å²) in [4.78, 5) is 0.139. The molecule has 1 fully saturated rings. The molecule has 0 saturated carbocycles. The summed E-state index contributed by atoms with van der Waals surface area (Å²) in [5.41, 5.74) is 5.72. The highest BCUT2D eigenvalue weighted by Crippen LogP contribution is 2.29. The molecule has 0 aromatic heterocycles. The molecule has 7 heteroatoms. The number of nitrogens with two attached hydrogens (primary N) is 1. The molecule has 2 atom stereocenters. The Labute approximate surface area is 129 Å². The first-order valence-electron chi connectivity index (χ1n) is 6.51. The zero-order chi connectivity index (χ0) is 14.9. The fourth-order valence-corrected chi connectivity index (χ4v) is 4.71. The van der Waals surface area contributed by atoms with Gasteiger partial charge < -0.3 is 5.73 Å². The van der Waals surface area contributed by atoms with Gasteiger partial charge in [-0.15, -0.1) is 0 Å². The molecule has 0 radical (unpaired) electrons. The average molecular weight is 337 g/mol. The van der Waals surface area contributed by atoms with Gasteiger partial charge in [0.1, 0.15) is 0 Å². The van der Waals surface area contributed by atoms with E-state index in [1.54, 1.807) is 0 Å². The van der Waals surface area contributed by atoms with Crippen molar-refractivity contribution in [1.29, 1.82) is 0 Å². The number of halogens is 2. The standard InChI is InChI=1S/C13H18Cl2N2O2S/c1-9-2-3-17(8-10(9)7-16)20(18,19)13-5-11(14)4-12(15)6-13/h4-6,9-10H,2-3,7-8,16H2,1H3. The lowest BCUT2D eigenvalue weighted by atomic mass is 9.88. The van der Waals surface area contributed by atoms with Crippen LogP contribution in [0.5, 0.6) is 0 Å². The van der Waals surface area contributed by atoms with Crippen molar-refractivity contribution in [2.24, 2.45) is 17.6 Å². The number of hydrogen-bond donors (Lipinski definition) is 1. The van der Waals surface area contributed by atoms with Gasteiger partial charge in [0.05, 0.1) is 4.90 Å². The second-order valence-corrected chi connectivity index (χ2v) is 8.04. The Balaban J connectivity index is 2.30. The van der Waals surface area contributed by atoms with Crippen LogP contribution in [0.4, 0.5) is 0 Å². The maximum absolute atomic E-state index is 12.6. The second-order valence-electron chi connectivity index (χ2n) is 5.23. The van der Waals surface area contributed by atoms with Crippen LogP contribution in [0.1, 0.15) is 13.3 Å². The molecular weight excluding hydrogens is 319 g/mol. The molecule has 20 heavy (non-hydrogen) atoms. The third-order valence-corrected chi connectivity index (χ3v) is 6.13. The summed E-state index contributed by atoms with van der Waals surface area (Å²) in [7, 11) is -3.56. The molecule has 4 nitrogen and oxygen atoms in total. The van der Waals surface area contributed by atoms with Crippen molar-refractivity contribution < 1.29 is 8.42 Å². The molecule has 112 valence electrons. The number of piperidine rings is 1. The predicted octanol–water partition coefficient (Wildman–Crippen LogP) is 2.60. The Bertz CT molecular complexity index is 572. The molecule has 1 aromatic rings. The largest absolute Gasteiger partial charge is 0.330 e. The van der Waals surface area contributed by atoms with Crippen molar-refractivity contribution in [3.8, 4) is 0 Å². The monoisotopic (exact) mass is 336 g/mol. The topological polar surface area (TPSA) is 63.4 Å². The van der Waals surface area contributed by atoms with Gasteiger partial charge in [0.25, 0.3) is 0 Å². The summed E-state index contributed by atoms with van der Waals surface area (Å²) >= 11 is 11.8. The van der Waals surface area contributed by atoms with E-state index in [2.05, 4.69) is 6.92 Å². The highest BCUT2D eigenvalue weighted by atomic mass is 35.5. The van der Waals surface area contributed by atoms with Crippen molar-refractivity contribution >= 4 is 33.2 Å². The minimum Gasteiger partial charge on any atom is -0.330 e. The van der Waals surface area contributed by atoms with Crippen molar-refractivity contribution in [2.75, 3.05) is 19.6 Å². The van der Waals surface area contributed by atoms with Gasteiger partial charge in [0.15, 0.2) is 0 Å². The molecule has 1 aromatic carbocycles. The molecule has 1 aliphatic heterocycles. The Morgan fingerprint density at radius 3 is 2.45 bits per heavy atom. The summed E-state index contributed by atoms with van der Waals surface area (Å²) in [6.45, 7) is 3.55. The SMILES string of the molecule is CC1CCN(S(=O)(=O)c2cc(Cl)cc(Cl)c2)CC1CN. The number of benzene rings is 1. The Morgan fingerprint density at radius 2 is 1.90 bits per heavy atom. The van der Waals surface area contributed by atoms with Crippen LogP contribution in [0.2, 0.25) is 10.0 Å². The minimum absolute atomic E-state index is 0.139. The molecule has 0 bridgehead atoms. The lowest BCUT2D eigenvalue weighted by Gasteiger charge is -2.35. The van der Waals surface area contributed by atoms with Gasteiger partial charge in [0, 0.05) is 23.1 Å². The van der Waals surface area contributed by atoms with E-state index in [4.69, 9.17) is 28.9 Å². The first-order chi connectivity index (χ1) is 9.34. The fraction of sp³-hybridized carbons (Fsp3) is 0.538. The van der Waals surface area contributed by atoms with Crippen LogP contribution in [0, 0.1) is 11.8 Å². The summed E-state index contributed by atoms with van der Waals surface area (Å²) in [6.07, 6.45) is 0.815. The van der Waals surface area contributed by atoms with Crippen LogP contribution in [-0.2, 0) is 10.0 Å². The van der Waals surface area contributed by atoms with E-state index >= 15 is 0 Å². The van der Waals surface area contributed by atoms with Gasteiger partial charge in [-0.2, -0.15) is 4.31 Å². The Kier molecular flexibility index (Phi) is 4.97. The third-order valence-electron chi connectivity index (χ3n) is 3.85. The predicted molar refractivity (Wildman–Crippen MR) is 81.5 cm³/mol. The van der Waals surface area contributed by atoms with Crippen molar-refractivity contribution in [3.05, 3.63) is 28.2 Å². The minimum atomic E-state index is -3.56. The maximum Gasteiger partial charge on any atom is 0.243 e. The number of sulfonamides is 1. The second kappa shape index (κ2) is 6.20. The number of nitrogens with zero attached hydrogens (tertiary/aromatic N) is 1. The maximum atomic E-state index is 12.6. The molecule has 2 unspecified atom stereocenters. The molecule has 1 heterocycles. The van der Waals surface area contributed by atoms with Crippen LogP contribution in [0.25, 0.3) is 0 Å². The van der Waals surface area contributed by atoms with E-state index < -0.39 is 10.0 Å². The van der Waals surface area contributed by atoms with E-state index in [9.17, 15) is 8.42 Å². The van der Waals surface area contributed by atoms with Crippen molar-refractivity contribution in [1.82, 2.24) is 4.31 Å². The highest BCUT2D eigenvalue weighted by molar-refractivity contribution is 7.89. The molecule has 0 amide bonds. The fourth-order valence-electron chi connectivity index (χ4n) is 2.47. The van der Waals surface area contributed by atoms with E-state index in [0.717, 1.165) is 6.42 Å². The van der Waals surface area contributed by atoms with Crippen LogP contribution in [-0.4, -0.2) is 32.4 Å². The van der Waals surface area contributed by atoms with E-state index in [1.165, 1.54) is 22.5 Å². The summed E-state index contributed by atoms with van der Waals surface area (Å²) in [5, 5.41) is 0.633. The van der Waals surface area contributed by atoms with Gasteiger partial charge in [-0.1, -0.05) is 30.1 Å². The van der Waals surface area contributed by atoms with E-state index in [1.807, 2.05) is 0 Å². The lowest BCUT2D eigenvalue weighted by Crippen LogP contribution is -2.45. The molecular formula is C13H18Cl2N2O2S. The van der Waals surface area contributed by atoms with Crippen LogP contribution < -0.4 is 5.73 Å². The van der Waals surface area contributed by atoms with Crippen molar-refractivity contribution in [3.63, 3.8) is 0 Å². The zero-order valence-electron chi connectivity index (χ0n) is 11.2. The summed E-state index contributed by atoms with van der Waals surface area (Å²) in [6, 6.07) is 4.37. The average Bonchev–Trinajstić information content (AvgIpc) is 2.37. The van der Waals surface area contributed by atoms with Gasteiger partial charge in [-0.05, 0) is 43.0 Å². The molecule has 1 saturated heterocycles. The molecule has 0 aliphatic carbocycles. The first kappa shape index (κ1) is 16.0. The normalized spacial score (nSPS) is 24.8. The van der Waals surface area contributed by atoms with Crippen molar-refractivity contribution in [2.45, 2.75) is 18.2 Å². The van der Waals surface area contributed by atoms with E-state index in [0.29, 0.717) is 35.6 Å². The third kappa shape index (κ3) is 3.28. The molecule has 2 rings (SSSR count). The molecule has 2 N–H and O–H groups in total. The molecule has 0 spiro atoms. The molecule has 1 aliphatic rings. The van der Waals surface area contributed by atoms with Gasteiger partial charge in [0.2, 0.25) is 10.0 Å². The highest BCUT2D eigenvalue weighted by Gasteiger charge is 2.33. The number of rotatable bonds is 3. The Hall–Kier alpha value is -0.330. The lowest BCUT2D eigenvalue weighted by molar-refractivity contribution is 0.203. The Morgan fingerprint density at radius 1 is 1.30 bits per heavy atom. The van der Waals surface area contributed by atoms with Crippen LogP contribution >= 0.6 is 23.2 Å². The van der Waals surface area contributed by atoms with Gasteiger partial charge in [-0.25, -0.2) is 8.42 Å². The van der Waals surface area contributed by atoms with E-state index in [-0.39, 0.29) is 10.8 Å². The quantitative estimate of drug-likeness (QED) is 0.922. The zero-order valence-corrected chi connectivity index (χ0v) is 13.5. The van der Waals surface area contributed by atoms with Gasteiger partial charge >= 0.3 is 0 Å². The summed E-state index contributed by atoms with van der Waals surface area (Å²) < 4.78 is 26.7. The first-order valence-corrected chi connectivity index (χ1v) is 8.70. The smallest absolute Gasteiger partial charge is 0.243 e. The van der Waals surface area contributed by atoms with Crippen LogP contribution in [0.15, 0.2) is 23.1 Å². The van der Waals surface area contributed by atoms with Crippen LogP contribution in [0.3, 0.4) is 0 Å². The summed E-state index contributed by atoms with van der Waals surface area (Å²) in [5.74, 6) is 0.627.